The molecule has 1 saturated heterocycles. The quantitative estimate of drug-likeness (QED) is 0.751. The number of rotatable bonds is 3. The lowest BCUT2D eigenvalue weighted by molar-refractivity contribution is -0.126. The highest BCUT2D eigenvalue weighted by molar-refractivity contribution is 5.94. The number of likely N-dealkylation sites (tertiary alicyclic amines) is 1. The van der Waals surface area contributed by atoms with Gasteiger partial charge in [0.1, 0.15) is 22.9 Å². The van der Waals surface area contributed by atoms with Gasteiger partial charge in [-0.25, -0.2) is 9.97 Å². The number of hydrogen-bond acceptors (Lipinski definition) is 6. The maximum Gasteiger partial charge on any atom is 0.272 e. The fraction of sp³-hybridized carbons (Fsp3) is 0.300. The molecular weight excluding hydrogens is 358 g/mol. The van der Waals surface area contributed by atoms with Crippen LogP contribution in [-0.4, -0.2) is 51.2 Å². The first kappa shape index (κ1) is 16.9. The maximum absolute atomic E-state index is 12.8. The van der Waals surface area contributed by atoms with E-state index in [1.54, 1.807) is 18.1 Å². The topological polar surface area (TPSA) is 93.2 Å². The van der Waals surface area contributed by atoms with Crippen molar-refractivity contribution < 1.29 is 14.3 Å². The molecule has 28 heavy (non-hydrogen) atoms. The van der Waals surface area contributed by atoms with Crippen molar-refractivity contribution in [1.82, 2.24) is 25.1 Å². The molecule has 2 aliphatic rings. The number of aryl methyl sites for hydroxylation is 1. The van der Waals surface area contributed by atoms with Crippen molar-refractivity contribution in [3.05, 3.63) is 59.3 Å². The molecule has 1 fully saturated rings. The molecular formula is C20H19N5O3. The molecule has 1 aromatic carbocycles. The normalized spacial score (nSPS) is 16.7. The molecule has 0 saturated carbocycles. The van der Waals surface area contributed by atoms with Gasteiger partial charge >= 0.3 is 0 Å². The summed E-state index contributed by atoms with van der Waals surface area (Å²) in [7, 11) is 1.62. The van der Waals surface area contributed by atoms with Crippen molar-refractivity contribution in [1.29, 1.82) is 0 Å². The molecule has 2 aliphatic heterocycles. The lowest BCUT2D eigenvalue weighted by Crippen LogP contribution is -2.61. The van der Waals surface area contributed by atoms with Crippen LogP contribution >= 0.6 is 0 Å². The monoisotopic (exact) mass is 377 g/mol. The first-order chi connectivity index (χ1) is 13.6. The highest BCUT2D eigenvalue weighted by Crippen LogP contribution is 2.42. The smallest absolute Gasteiger partial charge is 0.272 e. The molecule has 0 atom stereocenters. The number of benzene rings is 1. The van der Waals surface area contributed by atoms with Crippen LogP contribution in [0.4, 0.5) is 0 Å². The zero-order chi connectivity index (χ0) is 19.3. The van der Waals surface area contributed by atoms with Crippen LogP contribution in [0.3, 0.4) is 0 Å². The first-order valence-electron chi connectivity index (χ1n) is 9.04. The Bertz CT molecular complexity index is 1050. The van der Waals surface area contributed by atoms with Gasteiger partial charge in [0.15, 0.2) is 0 Å². The summed E-state index contributed by atoms with van der Waals surface area (Å²) in [5.41, 5.74) is 3.52. The number of methoxy groups -OCH3 is 1. The van der Waals surface area contributed by atoms with E-state index >= 15 is 0 Å². The Labute approximate surface area is 161 Å². The van der Waals surface area contributed by atoms with Crippen LogP contribution < -0.4 is 4.74 Å². The average Bonchev–Trinajstić information content (AvgIpc) is 3.31. The molecule has 4 heterocycles. The van der Waals surface area contributed by atoms with E-state index in [1.807, 2.05) is 37.4 Å². The SMILES string of the molecule is COc1ccc(-c2cc(C(=O)N3CC4(C3)OCc3nc(C)ncc34)[nH]n2)cc1. The summed E-state index contributed by atoms with van der Waals surface area (Å²) < 4.78 is 11.2. The molecule has 1 spiro atoms. The Morgan fingerprint density at radius 3 is 2.82 bits per heavy atom. The number of amides is 1. The second-order valence-electron chi connectivity index (χ2n) is 7.12. The van der Waals surface area contributed by atoms with Crippen LogP contribution in [0.1, 0.15) is 27.6 Å². The van der Waals surface area contributed by atoms with Crippen LogP contribution in [-0.2, 0) is 16.9 Å². The fourth-order valence-electron chi connectivity index (χ4n) is 3.78. The number of hydrogen-bond donors (Lipinski definition) is 1. The van der Waals surface area contributed by atoms with Crippen molar-refractivity contribution in [3.8, 4) is 17.0 Å². The van der Waals surface area contributed by atoms with Gasteiger partial charge in [0.05, 0.1) is 38.2 Å². The number of H-pyrrole nitrogens is 1. The van der Waals surface area contributed by atoms with Crippen LogP contribution in [0.5, 0.6) is 5.75 Å². The number of carbonyl (C=O) groups excluding carboxylic acids is 1. The molecule has 3 aromatic rings. The minimum atomic E-state index is -0.475. The summed E-state index contributed by atoms with van der Waals surface area (Å²) in [6, 6.07) is 9.32. The second kappa shape index (κ2) is 6.13. The molecule has 1 amide bonds. The summed E-state index contributed by atoms with van der Waals surface area (Å²) >= 11 is 0. The number of aromatic amines is 1. The molecule has 5 rings (SSSR count). The van der Waals surface area contributed by atoms with Crippen molar-refractivity contribution in [2.45, 2.75) is 19.1 Å². The van der Waals surface area contributed by atoms with Crippen molar-refractivity contribution in [2.75, 3.05) is 20.2 Å². The third-order valence-corrected chi connectivity index (χ3v) is 5.34. The molecule has 1 N–H and O–H groups in total. The average molecular weight is 377 g/mol. The van der Waals surface area contributed by atoms with E-state index in [4.69, 9.17) is 9.47 Å². The van der Waals surface area contributed by atoms with Crippen LogP contribution in [0.15, 0.2) is 36.5 Å². The Balaban J connectivity index is 1.31. The first-order valence-corrected chi connectivity index (χ1v) is 9.04. The fourth-order valence-corrected chi connectivity index (χ4v) is 3.78. The standard InChI is InChI=1S/C20H19N5O3/c1-12-21-8-15-18(22-12)9-28-20(15)10-25(11-20)19(26)17-7-16(23-24-17)13-3-5-14(27-2)6-4-13/h3-8H,9-11H2,1-2H3,(H,23,24). The Hall–Kier alpha value is -3.26. The minimum absolute atomic E-state index is 0.0945. The molecule has 0 unspecified atom stereocenters. The molecule has 142 valence electrons. The van der Waals surface area contributed by atoms with Gasteiger partial charge in [-0.2, -0.15) is 5.10 Å². The molecule has 0 radical (unpaired) electrons. The van der Waals surface area contributed by atoms with Gasteiger partial charge in [-0.15, -0.1) is 0 Å². The van der Waals surface area contributed by atoms with Crippen LogP contribution in [0.25, 0.3) is 11.3 Å². The Kier molecular flexibility index (Phi) is 3.70. The summed E-state index contributed by atoms with van der Waals surface area (Å²) in [6.45, 7) is 3.30. The van der Waals surface area contributed by atoms with Gasteiger partial charge in [0.25, 0.3) is 5.91 Å². The van der Waals surface area contributed by atoms with Gasteiger partial charge in [0, 0.05) is 17.3 Å². The summed E-state index contributed by atoms with van der Waals surface area (Å²) in [5, 5.41) is 7.12. The summed E-state index contributed by atoms with van der Waals surface area (Å²) in [5.74, 6) is 1.41. The van der Waals surface area contributed by atoms with Crippen molar-refractivity contribution in [2.24, 2.45) is 0 Å². The lowest BCUT2D eigenvalue weighted by Gasteiger charge is -2.46. The number of ether oxygens (including phenoxy) is 2. The molecule has 8 nitrogen and oxygen atoms in total. The van der Waals surface area contributed by atoms with Crippen LogP contribution in [0, 0.1) is 6.92 Å². The van der Waals surface area contributed by atoms with E-state index in [2.05, 4.69) is 20.2 Å². The third kappa shape index (κ3) is 2.56. The predicted molar refractivity (Wildman–Crippen MR) is 99.7 cm³/mol. The zero-order valence-electron chi connectivity index (χ0n) is 15.6. The highest BCUT2D eigenvalue weighted by Gasteiger charge is 2.52. The number of nitrogens with zero attached hydrogens (tertiary/aromatic N) is 4. The highest BCUT2D eigenvalue weighted by atomic mass is 16.5. The van der Waals surface area contributed by atoms with E-state index < -0.39 is 5.60 Å². The number of carbonyl (C=O) groups is 1. The second-order valence-corrected chi connectivity index (χ2v) is 7.12. The molecule has 8 heteroatoms. The lowest BCUT2D eigenvalue weighted by atomic mass is 9.87. The molecule has 2 aromatic heterocycles. The zero-order valence-corrected chi connectivity index (χ0v) is 15.6. The predicted octanol–water partition coefficient (Wildman–Crippen LogP) is 2.07. The summed E-state index contributed by atoms with van der Waals surface area (Å²) in [6.07, 6.45) is 1.82. The minimum Gasteiger partial charge on any atom is -0.497 e. The molecule has 0 bridgehead atoms. The largest absolute Gasteiger partial charge is 0.497 e. The number of aromatic nitrogens is 4. The van der Waals surface area contributed by atoms with Gasteiger partial charge in [0.2, 0.25) is 0 Å². The third-order valence-electron chi connectivity index (χ3n) is 5.34. The summed E-state index contributed by atoms with van der Waals surface area (Å²) in [4.78, 5) is 23.3. The van der Waals surface area contributed by atoms with E-state index in [9.17, 15) is 4.79 Å². The van der Waals surface area contributed by atoms with Gasteiger partial charge in [-0.1, -0.05) is 0 Å². The number of fused-ring (bicyclic) bond motifs is 2. The number of nitrogens with one attached hydrogen (secondary N) is 1. The Morgan fingerprint density at radius 2 is 2.07 bits per heavy atom. The van der Waals surface area contributed by atoms with E-state index in [-0.39, 0.29) is 5.91 Å². The van der Waals surface area contributed by atoms with Crippen molar-refractivity contribution >= 4 is 5.91 Å². The maximum atomic E-state index is 12.8. The van der Waals surface area contributed by atoms with Crippen LogP contribution in [0.2, 0.25) is 0 Å². The van der Waals surface area contributed by atoms with Gasteiger partial charge in [-0.05, 0) is 37.3 Å². The molecule has 0 aliphatic carbocycles. The van der Waals surface area contributed by atoms with E-state index in [1.165, 1.54) is 0 Å². The van der Waals surface area contributed by atoms with Gasteiger partial charge < -0.3 is 14.4 Å². The van der Waals surface area contributed by atoms with Crippen molar-refractivity contribution in [3.63, 3.8) is 0 Å². The van der Waals surface area contributed by atoms with E-state index in [0.29, 0.717) is 31.1 Å². The Morgan fingerprint density at radius 1 is 1.29 bits per heavy atom. The van der Waals surface area contributed by atoms with Gasteiger partial charge in [-0.3, -0.25) is 9.89 Å². The van der Waals surface area contributed by atoms with E-state index in [0.717, 1.165) is 28.4 Å².